The molecule has 10 nitrogen and oxygen atoms in total. The van der Waals surface area contributed by atoms with Crippen molar-refractivity contribution in [3.8, 4) is 28.7 Å². The van der Waals surface area contributed by atoms with Gasteiger partial charge in [-0.25, -0.2) is 9.69 Å². The van der Waals surface area contributed by atoms with Crippen LogP contribution in [0.3, 0.4) is 0 Å². The van der Waals surface area contributed by atoms with E-state index in [0.29, 0.717) is 59.8 Å². The highest BCUT2D eigenvalue weighted by Gasteiger charge is 2.36. The summed E-state index contributed by atoms with van der Waals surface area (Å²) in [6.45, 7) is 5.16. The monoisotopic (exact) mass is 622 g/mol. The van der Waals surface area contributed by atoms with E-state index in [1.807, 2.05) is 62.4 Å². The topological polar surface area (TPSA) is 113 Å². The maximum absolute atomic E-state index is 13.4. The number of benzene rings is 4. The first-order valence-electron chi connectivity index (χ1n) is 14.8. The molecule has 46 heavy (non-hydrogen) atoms. The van der Waals surface area contributed by atoms with Gasteiger partial charge in [-0.05, 0) is 85.1 Å². The van der Waals surface area contributed by atoms with Crippen LogP contribution in [0.1, 0.15) is 30.5 Å². The van der Waals surface area contributed by atoms with E-state index < -0.39 is 17.8 Å². The third-order valence-electron chi connectivity index (χ3n) is 6.95. The van der Waals surface area contributed by atoms with Crippen molar-refractivity contribution in [1.82, 2.24) is 5.32 Å². The molecule has 10 heteroatoms. The van der Waals surface area contributed by atoms with Gasteiger partial charge in [-0.1, -0.05) is 42.5 Å². The van der Waals surface area contributed by atoms with Crippen molar-refractivity contribution in [2.45, 2.75) is 27.1 Å². The van der Waals surface area contributed by atoms with Gasteiger partial charge in [-0.3, -0.25) is 14.9 Å². The number of carbonyl (C=O) groups is 3. The molecule has 1 N–H and O–H groups in total. The first kappa shape index (κ1) is 31.6. The molecule has 1 aliphatic rings. The van der Waals surface area contributed by atoms with Gasteiger partial charge in [0.05, 0.1) is 26.0 Å². The molecule has 0 atom stereocenters. The molecule has 5 rings (SSSR count). The zero-order valence-electron chi connectivity index (χ0n) is 25.8. The predicted molar refractivity (Wildman–Crippen MR) is 172 cm³/mol. The Kier molecular flexibility index (Phi) is 10.2. The molecule has 4 aromatic rings. The zero-order valence-corrected chi connectivity index (χ0v) is 25.8. The molecule has 4 amide bonds. The lowest BCUT2D eigenvalue weighted by Gasteiger charge is -2.26. The van der Waals surface area contributed by atoms with Crippen LogP contribution in [0.5, 0.6) is 28.7 Å². The number of nitrogens with zero attached hydrogens (tertiary/aromatic N) is 1. The van der Waals surface area contributed by atoms with Gasteiger partial charge in [0.25, 0.3) is 11.8 Å². The molecule has 0 saturated carbocycles. The Labute approximate surface area is 267 Å². The minimum absolute atomic E-state index is 0.203. The van der Waals surface area contributed by atoms with Crippen LogP contribution < -0.4 is 33.9 Å². The molecule has 236 valence electrons. The number of nitrogens with one attached hydrogen (secondary N) is 1. The predicted octanol–water partition coefficient (Wildman–Crippen LogP) is 6.32. The normalized spacial score (nSPS) is 13.8. The van der Waals surface area contributed by atoms with Crippen molar-refractivity contribution < 1.29 is 38.1 Å². The van der Waals surface area contributed by atoms with Crippen LogP contribution in [-0.4, -0.2) is 38.2 Å². The lowest BCUT2D eigenvalue weighted by Crippen LogP contribution is -2.54. The van der Waals surface area contributed by atoms with E-state index in [9.17, 15) is 14.4 Å². The van der Waals surface area contributed by atoms with Gasteiger partial charge in [-0.15, -0.1) is 0 Å². The molecule has 1 heterocycles. The Bertz CT molecular complexity index is 1740. The Morgan fingerprint density at radius 1 is 0.674 bits per heavy atom. The minimum atomic E-state index is -0.831. The maximum Gasteiger partial charge on any atom is 0.335 e. The van der Waals surface area contributed by atoms with Gasteiger partial charge in [0.15, 0.2) is 23.0 Å². The van der Waals surface area contributed by atoms with Crippen LogP contribution in [0, 0.1) is 0 Å². The molecule has 1 fully saturated rings. The first-order valence-corrected chi connectivity index (χ1v) is 14.8. The second kappa shape index (κ2) is 14.8. The summed E-state index contributed by atoms with van der Waals surface area (Å²) in [6.07, 6.45) is 1.41. The van der Waals surface area contributed by atoms with Crippen molar-refractivity contribution in [3.05, 3.63) is 113 Å². The molecular weight excluding hydrogens is 588 g/mol. The molecule has 1 saturated heterocycles. The summed E-state index contributed by atoms with van der Waals surface area (Å²) in [7, 11) is 1.58. The SMILES string of the molecule is CCOc1ccc(N2C(=O)NC(=O)/C(=C\c3ccc(OCc4ccc(OCc5ccccc5)c(OC)c4)c(OCC)c3)C2=O)cc1. The second-order valence-corrected chi connectivity index (χ2v) is 10.1. The van der Waals surface area contributed by atoms with Crippen LogP contribution in [0.25, 0.3) is 6.08 Å². The highest BCUT2D eigenvalue weighted by atomic mass is 16.5. The number of carbonyl (C=O) groups excluding carboxylic acids is 3. The molecule has 0 unspecified atom stereocenters. The number of methoxy groups -OCH3 is 1. The van der Waals surface area contributed by atoms with Crippen LogP contribution in [0.15, 0.2) is 96.6 Å². The number of anilines is 1. The van der Waals surface area contributed by atoms with E-state index in [-0.39, 0.29) is 12.2 Å². The van der Waals surface area contributed by atoms with Crippen LogP contribution in [0.4, 0.5) is 10.5 Å². The van der Waals surface area contributed by atoms with E-state index in [2.05, 4.69) is 5.32 Å². The number of imide groups is 2. The average Bonchev–Trinajstić information content (AvgIpc) is 3.07. The number of amides is 4. The summed E-state index contributed by atoms with van der Waals surface area (Å²) >= 11 is 0. The Hall–Kier alpha value is -5.77. The summed E-state index contributed by atoms with van der Waals surface area (Å²) in [5.41, 5.74) is 2.51. The number of barbiturate groups is 1. The molecule has 0 aliphatic carbocycles. The zero-order chi connectivity index (χ0) is 32.5. The Balaban J connectivity index is 1.31. The summed E-state index contributed by atoms with van der Waals surface area (Å²) in [4.78, 5) is 39.6. The standard InChI is InChI=1S/C36H34N2O8/c1-4-43-28-15-13-27(14-16-28)38-35(40)29(34(39)37-36(38)41)19-25-11-17-31(33(20-25)44-5-2)46-23-26-12-18-30(32(21-26)42-3)45-22-24-9-7-6-8-10-24/h6-21H,4-5,22-23H2,1-3H3,(H,37,39,41)/b29-19+. The van der Waals surface area contributed by atoms with Crippen molar-refractivity contribution >= 4 is 29.6 Å². The minimum Gasteiger partial charge on any atom is -0.494 e. The Morgan fingerprint density at radius 3 is 2.04 bits per heavy atom. The van der Waals surface area contributed by atoms with Gasteiger partial charge >= 0.3 is 6.03 Å². The van der Waals surface area contributed by atoms with E-state index in [1.165, 1.54) is 6.08 Å². The largest absolute Gasteiger partial charge is 0.494 e. The average molecular weight is 623 g/mol. The molecule has 0 radical (unpaired) electrons. The number of rotatable bonds is 13. The number of ether oxygens (including phenoxy) is 5. The fourth-order valence-electron chi connectivity index (χ4n) is 4.74. The number of urea groups is 1. The molecule has 1 aliphatic heterocycles. The third kappa shape index (κ3) is 7.47. The van der Waals surface area contributed by atoms with E-state index in [4.69, 9.17) is 23.7 Å². The van der Waals surface area contributed by atoms with Crippen LogP contribution >= 0.6 is 0 Å². The summed E-state index contributed by atoms with van der Waals surface area (Å²) in [6, 6.07) is 26.2. The van der Waals surface area contributed by atoms with Gasteiger partial charge in [0, 0.05) is 0 Å². The molecule has 0 bridgehead atoms. The molecule has 0 aromatic heterocycles. The summed E-state index contributed by atoms with van der Waals surface area (Å²) in [5.74, 6) is 1.15. The number of hydrogen-bond donors (Lipinski definition) is 1. The summed E-state index contributed by atoms with van der Waals surface area (Å²) < 4.78 is 28.9. The second-order valence-electron chi connectivity index (χ2n) is 10.1. The first-order chi connectivity index (χ1) is 22.4. The van der Waals surface area contributed by atoms with Crippen molar-refractivity contribution in [1.29, 1.82) is 0 Å². The quantitative estimate of drug-likeness (QED) is 0.136. The van der Waals surface area contributed by atoms with Crippen LogP contribution in [0.2, 0.25) is 0 Å². The smallest absolute Gasteiger partial charge is 0.335 e. The van der Waals surface area contributed by atoms with Crippen LogP contribution in [-0.2, 0) is 22.8 Å². The lowest BCUT2D eigenvalue weighted by molar-refractivity contribution is -0.122. The van der Waals surface area contributed by atoms with Crippen molar-refractivity contribution in [2.75, 3.05) is 25.2 Å². The van der Waals surface area contributed by atoms with Gasteiger partial charge in [0.1, 0.15) is 24.5 Å². The fourth-order valence-corrected chi connectivity index (χ4v) is 4.74. The van der Waals surface area contributed by atoms with Crippen molar-refractivity contribution in [2.24, 2.45) is 0 Å². The summed E-state index contributed by atoms with van der Waals surface area (Å²) in [5, 5.41) is 2.24. The third-order valence-corrected chi connectivity index (χ3v) is 6.95. The maximum atomic E-state index is 13.4. The lowest BCUT2D eigenvalue weighted by atomic mass is 10.1. The number of hydrogen-bond acceptors (Lipinski definition) is 8. The molecular formula is C36H34N2O8. The molecule has 0 spiro atoms. The highest BCUT2D eigenvalue weighted by Crippen LogP contribution is 2.33. The van der Waals surface area contributed by atoms with E-state index in [1.54, 1.807) is 49.6 Å². The molecule has 4 aromatic carbocycles. The Morgan fingerprint density at radius 2 is 1.35 bits per heavy atom. The van der Waals surface area contributed by atoms with Gasteiger partial charge in [0.2, 0.25) is 0 Å². The van der Waals surface area contributed by atoms with E-state index in [0.717, 1.165) is 16.0 Å². The van der Waals surface area contributed by atoms with Gasteiger partial charge in [-0.2, -0.15) is 0 Å². The van der Waals surface area contributed by atoms with Crippen molar-refractivity contribution in [3.63, 3.8) is 0 Å². The van der Waals surface area contributed by atoms with E-state index >= 15 is 0 Å². The highest BCUT2D eigenvalue weighted by molar-refractivity contribution is 6.39. The fraction of sp³-hybridized carbons (Fsp3) is 0.194. The van der Waals surface area contributed by atoms with Gasteiger partial charge < -0.3 is 23.7 Å².